The maximum absolute atomic E-state index is 12.8. The van der Waals surface area contributed by atoms with Gasteiger partial charge in [0, 0.05) is 16.0 Å². The van der Waals surface area contributed by atoms with Crippen molar-refractivity contribution in [1.82, 2.24) is 9.78 Å². The van der Waals surface area contributed by atoms with E-state index < -0.39 is 11.9 Å². The van der Waals surface area contributed by atoms with E-state index in [0.717, 1.165) is 32.9 Å². The zero-order chi connectivity index (χ0) is 23.7. The molecule has 8 nitrogen and oxygen atoms in total. The Morgan fingerprint density at radius 3 is 2.61 bits per heavy atom. The molecule has 2 N–H and O–H groups in total. The smallest absolute Gasteiger partial charge is 0.348 e. The molecule has 0 spiro atoms. The third-order valence-corrected chi connectivity index (χ3v) is 7.16. The molecule has 168 valence electrons. The number of carbonyl (C=O) groups is 2. The van der Waals surface area contributed by atoms with Crippen LogP contribution in [0.5, 0.6) is 0 Å². The molecular formula is C22H17ClN4O4S2. The lowest BCUT2D eigenvalue weighted by molar-refractivity contribution is 0.0457. The van der Waals surface area contributed by atoms with Crippen LogP contribution < -0.4 is 5.73 Å². The quantitative estimate of drug-likeness (QED) is 0.365. The zero-order valence-corrected chi connectivity index (χ0v) is 19.9. The SMILES string of the molecule is CCOC(=O)c1sc(N)c(C#N)c1COC(=O)c1cc2c(C)nn(-c3ccc(Cl)cc3)c2s1. The number of hydrogen-bond donors (Lipinski definition) is 1. The molecule has 4 aromatic rings. The van der Waals surface area contributed by atoms with Crippen molar-refractivity contribution in [3.05, 3.63) is 61.9 Å². The monoisotopic (exact) mass is 500 g/mol. The largest absolute Gasteiger partial charge is 0.462 e. The lowest BCUT2D eigenvalue weighted by Crippen LogP contribution is -2.09. The van der Waals surface area contributed by atoms with Gasteiger partial charge < -0.3 is 15.2 Å². The number of nitrogens with zero attached hydrogens (tertiary/aromatic N) is 3. The van der Waals surface area contributed by atoms with Crippen molar-refractivity contribution in [2.45, 2.75) is 20.5 Å². The Hall–Kier alpha value is -3.39. The predicted molar refractivity (Wildman–Crippen MR) is 127 cm³/mol. The molecule has 0 aliphatic rings. The standard InChI is InChI=1S/C22H17ClN4O4S2/c1-3-30-22(29)18-16(15(9-24)19(25)33-18)10-31-21(28)17-8-14-11(2)26-27(20(14)32-17)13-6-4-12(23)5-7-13/h4-8H,3,10,25H2,1-2H3. The molecule has 4 rings (SSSR count). The van der Waals surface area contributed by atoms with E-state index >= 15 is 0 Å². The highest BCUT2D eigenvalue weighted by molar-refractivity contribution is 7.20. The van der Waals surface area contributed by atoms with Crippen LogP contribution in [0.3, 0.4) is 0 Å². The molecule has 0 fully saturated rings. The van der Waals surface area contributed by atoms with Crippen LogP contribution in [0.15, 0.2) is 30.3 Å². The van der Waals surface area contributed by atoms with Gasteiger partial charge in [0.15, 0.2) is 0 Å². The van der Waals surface area contributed by atoms with Crippen molar-refractivity contribution in [3.8, 4) is 11.8 Å². The molecule has 0 amide bonds. The van der Waals surface area contributed by atoms with Gasteiger partial charge in [-0.25, -0.2) is 14.3 Å². The van der Waals surface area contributed by atoms with Gasteiger partial charge in [-0.3, -0.25) is 0 Å². The van der Waals surface area contributed by atoms with Crippen LogP contribution in [0, 0.1) is 18.3 Å². The number of ether oxygens (including phenoxy) is 2. The number of halogens is 1. The van der Waals surface area contributed by atoms with Crippen molar-refractivity contribution in [3.63, 3.8) is 0 Å². The number of nitrogen functional groups attached to an aromatic ring is 1. The van der Waals surface area contributed by atoms with Crippen molar-refractivity contribution in [2.75, 3.05) is 12.3 Å². The average Bonchev–Trinajstić information content (AvgIpc) is 3.45. The second-order valence-electron chi connectivity index (χ2n) is 6.86. The summed E-state index contributed by atoms with van der Waals surface area (Å²) < 4.78 is 12.2. The Bertz CT molecular complexity index is 1410. The number of rotatable bonds is 6. The predicted octanol–water partition coefficient (Wildman–Crippen LogP) is 5.10. The van der Waals surface area contributed by atoms with Crippen LogP contribution >= 0.6 is 34.3 Å². The highest BCUT2D eigenvalue weighted by Crippen LogP contribution is 2.34. The molecule has 33 heavy (non-hydrogen) atoms. The zero-order valence-electron chi connectivity index (χ0n) is 17.5. The first-order valence-electron chi connectivity index (χ1n) is 9.74. The third kappa shape index (κ3) is 4.30. The minimum atomic E-state index is -0.609. The highest BCUT2D eigenvalue weighted by atomic mass is 35.5. The van der Waals surface area contributed by atoms with Crippen LogP contribution in [0.25, 0.3) is 15.9 Å². The molecule has 0 radical (unpaired) electrons. The molecular weight excluding hydrogens is 484 g/mol. The van der Waals surface area contributed by atoms with E-state index in [1.165, 1.54) is 11.3 Å². The molecule has 0 aliphatic heterocycles. The molecule has 0 saturated carbocycles. The fourth-order valence-corrected chi connectivity index (χ4v) is 5.34. The summed E-state index contributed by atoms with van der Waals surface area (Å²) in [6, 6.07) is 10.9. The van der Waals surface area contributed by atoms with Gasteiger partial charge in [0.25, 0.3) is 0 Å². The second-order valence-corrected chi connectivity index (χ2v) is 9.38. The number of nitrogens with two attached hydrogens (primary N) is 1. The molecule has 1 aromatic carbocycles. The van der Waals surface area contributed by atoms with Gasteiger partial charge in [0.2, 0.25) is 0 Å². The lowest BCUT2D eigenvalue weighted by atomic mass is 10.1. The van der Waals surface area contributed by atoms with Gasteiger partial charge in [0.05, 0.1) is 23.6 Å². The van der Waals surface area contributed by atoms with Crippen molar-refractivity contribution >= 4 is 61.4 Å². The van der Waals surface area contributed by atoms with Gasteiger partial charge in [0.1, 0.15) is 32.3 Å². The number of aryl methyl sites for hydroxylation is 1. The van der Waals surface area contributed by atoms with Crippen LogP contribution in [0.2, 0.25) is 5.02 Å². The van der Waals surface area contributed by atoms with E-state index in [2.05, 4.69) is 5.10 Å². The Morgan fingerprint density at radius 2 is 1.94 bits per heavy atom. The van der Waals surface area contributed by atoms with E-state index in [1.54, 1.807) is 29.8 Å². The molecule has 0 atom stereocenters. The number of esters is 2. The summed E-state index contributed by atoms with van der Waals surface area (Å²) in [6.07, 6.45) is 0. The van der Waals surface area contributed by atoms with E-state index in [9.17, 15) is 14.9 Å². The summed E-state index contributed by atoms with van der Waals surface area (Å²) in [6.45, 7) is 3.42. The number of hydrogen-bond acceptors (Lipinski definition) is 9. The molecule has 0 saturated heterocycles. The van der Waals surface area contributed by atoms with Gasteiger partial charge in [-0.15, -0.1) is 22.7 Å². The van der Waals surface area contributed by atoms with Gasteiger partial charge in [-0.05, 0) is 44.2 Å². The van der Waals surface area contributed by atoms with E-state index in [0.29, 0.717) is 9.90 Å². The highest BCUT2D eigenvalue weighted by Gasteiger charge is 2.25. The lowest BCUT2D eigenvalue weighted by Gasteiger charge is -2.06. The summed E-state index contributed by atoms with van der Waals surface area (Å²) in [4.78, 5) is 26.4. The first-order valence-corrected chi connectivity index (χ1v) is 11.8. The molecule has 0 aliphatic carbocycles. The third-order valence-electron chi connectivity index (χ3n) is 4.77. The number of benzene rings is 1. The van der Waals surface area contributed by atoms with Crippen molar-refractivity contribution in [2.24, 2.45) is 0 Å². The summed E-state index contributed by atoms with van der Waals surface area (Å²) in [5, 5.41) is 15.6. The van der Waals surface area contributed by atoms with Crippen LogP contribution in [0.4, 0.5) is 5.00 Å². The first kappa shape index (κ1) is 22.8. The number of thiophene rings is 2. The van der Waals surface area contributed by atoms with Gasteiger partial charge in [-0.1, -0.05) is 11.6 Å². The summed E-state index contributed by atoms with van der Waals surface area (Å²) in [7, 11) is 0. The summed E-state index contributed by atoms with van der Waals surface area (Å²) in [5.41, 5.74) is 7.80. The number of nitriles is 1. The van der Waals surface area contributed by atoms with Gasteiger partial charge >= 0.3 is 11.9 Å². The maximum atomic E-state index is 12.8. The van der Waals surface area contributed by atoms with E-state index in [1.807, 2.05) is 25.1 Å². The number of anilines is 1. The fraction of sp³-hybridized carbons (Fsp3) is 0.182. The normalized spacial score (nSPS) is 10.8. The Balaban J connectivity index is 1.61. The fourth-order valence-electron chi connectivity index (χ4n) is 3.22. The second kappa shape index (κ2) is 9.23. The van der Waals surface area contributed by atoms with Crippen molar-refractivity contribution < 1.29 is 19.1 Å². The molecule has 0 bridgehead atoms. The number of aromatic nitrogens is 2. The number of fused-ring (bicyclic) bond motifs is 1. The Morgan fingerprint density at radius 1 is 1.21 bits per heavy atom. The Labute approximate surface area is 201 Å². The minimum absolute atomic E-state index is 0.112. The summed E-state index contributed by atoms with van der Waals surface area (Å²) >= 11 is 8.16. The van der Waals surface area contributed by atoms with E-state index in [-0.39, 0.29) is 34.2 Å². The average molecular weight is 501 g/mol. The van der Waals surface area contributed by atoms with E-state index in [4.69, 9.17) is 26.8 Å². The molecule has 11 heteroatoms. The topological polar surface area (TPSA) is 120 Å². The van der Waals surface area contributed by atoms with Crippen LogP contribution in [0.1, 0.15) is 43.1 Å². The van der Waals surface area contributed by atoms with Gasteiger partial charge in [-0.2, -0.15) is 10.4 Å². The summed E-state index contributed by atoms with van der Waals surface area (Å²) in [5.74, 6) is -1.19. The van der Waals surface area contributed by atoms with Crippen LogP contribution in [-0.4, -0.2) is 28.3 Å². The van der Waals surface area contributed by atoms with Crippen LogP contribution in [-0.2, 0) is 16.1 Å². The first-order chi connectivity index (χ1) is 15.8. The Kier molecular flexibility index (Phi) is 6.37. The minimum Gasteiger partial charge on any atom is -0.462 e. The van der Waals surface area contributed by atoms with Crippen molar-refractivity contribution in [1.29, 1.82) is 5.26 Å². The molecule has 0 unspecified atom stereocenters. The number of carbonyl (C=O) groups excluding carboxylic acids is 2. The molecule has 3 aromatic heterocycles. The maximum Gasteiger partial charge on any atom is 0.348 e. The molecule has 3 heterocycles.